The van der Waals surface area contributed by atoms with Crippen LogP contribution in [-0.4, -0.2) is 18.8 Å². The zero-order valence-electron chi connectivity index (χ0n) is 11.4. The Kier molecular flexibility index (Phi) is 5.44. The highest BCUT2D eigenvalue weighted by molar-refractivity contribution is 9.10. The first-order chi connectivity index (χ1) is 9.70. The number of hydrogen-bond acceptors (Lipinski definition) is 3. The molecule has 4 heteroatoms. The number of halogens is 1. The molecule has 20 heavy (non-hydrogen) atoms. The van der Waals surface area contributed by atoms with E-state index in [2.05, 4.69) is 27.3 Å². The molecule has 106 valence electrons. The van der Waals surface area contributed by atoms with Crippen molar-refractivity contribution >= 4 is 15.9 Å². The molecule has 0 atom stereocenters. The Bertz CT molecular complexity index is 572. The average Bonchev–Trinajstić information content (AvgIpc) is 2.47. The Labute approximate surface area is 127 Å². The van der Waals surface area contributed by atoms with Gasteiger partial charge in [0.15, 0.2) is 0 Å². The Morgan fingerprint density at radius 1 is 1.20 bits per heavy atom. The van der Waals surface area contributed by atoms with Gasteiger partial charge in [-0.2, -0.15) is 0 Å². The highest BCUT2D eigenvalue weighted by atomic mass is 79.9. The Hall–Kier alpha value is -1.52. The van der Waals surface area contributed by atoms with E-state index in [1.807, 2.05) is 30.3 Å². The molecule has 0 heterocycles. The molecule has 0 bridgehead atoms. The van der Waals surface area contributed by atoms with Crippen LogP contribution >= 0.6 is 15.9 Å². The minimum absolute atomic E-state index is 0.266. The van der Waals surface area contributed by atoms with Crippen LogP contribution in [0.2, 0.25) is 0 Å². The summed E-state index contributed by atoms with van der Waals surface area (Å²) < 4.78 is 6.05. The summed E-state index contributed by atoms with van der Waals surface area (Å²) in [6.45, 7) is 1.65. The maximum atomic E-state index is 9.44. The van der Waals surface area contributed by atoms with Crippen LogP contribution < -0.4 is 10.1 Å². The molecular formula is C16H18BrNO2. The largest absolute Gasteiger partial charge is 0.507 e. The molecule has 0 saturated heterocycles. The summed E-state index contributed by atoms with van der Waals surface area (Å²) in [5.41, 5.74) is 2.34. The van der Waals surface area contributed by atoms with Crippen LogP contribution in [0.3, 0.4) is 0 Å². The van der Waals surface area contributed by atoms with Crippen molar-refractivity contribution in [3.8, 4) is 11.5 Å². The fraction of sp³-hybridized carbons (Fsp3) is 0.250. The van der Waals surface area contributed by atoms with E-state index in [4.69, 9.17) is 4.74 Å². The quantitative estimate of drug-likeness (QED) is 0.794. The van der Waals surface area contributed by atoms with Gasteiger partial charge in [-0.05, 0) is 58.2 Å². The van der Waals surface area contributed by atoms with E-state index in [0.29, 0.717) is 0 Å². The molecule has 0 saturated carbocycles. The lowest BCUT2D eigenvalue weighted by Crippen LogP contribution is -2.16. The number of para-hydroxylation sites is 1. The molecule has 0 aromatic heterocycles. The third-order valence-electron chi connectivity index (χ3n) is 3.10. The van der Waals surface area contributed by atoms with Gasteiger partial charge in [0.25, 0.3) is 0 Å². The molecule has 0 spiro atoms. The number of phenols is 1. The lowest BCUT2D eigenvalue weighted by molar-refractivity contribution is 0.409. The Balaban J connectivity index is 1.83. The number of rotatable bonds is 6. The van der Waals surface area contributed by atoms with Crippen molar-refractivity contribution in [3.05, 3.63) is 58.1 Å². The van der Waals surface area contributed by atoms with Gasteiger partial charge >= 0.3 is 0 Å². The van der Waals surface area contributed by atoms with E-state index in [1.165, 1.54) is 5.56 Å². The second-order valence-corrected chi connectivity index (χ2v) is 5.38. The zero-order valence-corrected chi connectivity index (χ0v) is 13.0. The van der Waals surface area contributed by atoms with Crippen molar-refractivity contribution in [2.75, 3.05) is 13.7 Å². The molecule has 0 fully saturated rings. The van der Waals surface area contributed by atoms with E-state index in [-0.39, 0.29) is 5.75 Å². The van der Waals surface area contributed by atoms with Crippen LogP contribution in [0.25, 0.3) is 0 Å². The molecule has 2 rings (SSSR count). The van der Waals surface area contributed by atoms with Gasteiger partial charge in [-0.1, -0.05) is 24.3 Å². The second kappa shape index (κ2) is 7.31. The molecule has 0 radical (unpaired) electrons. The maximum absolute atomic E-state index is 9.44. The van der Waals surface area contributed by atoms with Crippen LogP contribution in [0.15, 0.2) is 46.9 Å². The Morgan fingerprint density at radius 2 is 2.00 bits per heavy atom. The lowest BCUT2D eigenvalue weighted by atomic mass is 10.1. The third kappa shape index (κ3) is 3.99. The fourth-order valence-electron chi connectivity index (χ4n) is 2.03. The summed E-state index contributed by atoms with van der Waals surface area (Å²) in [6.07, 6.45) is 0.920. The highest BCUT2D eigenvalue weighted by Crippen LogP contribution is 2.24. The molecule has 0 aliphatic rings. The number of nitrogens with one attached hydrogen (secondary N) is 1. The van der Waals surface area contributed by atoms with Crippen molar-refractivity contribution in [2.45, 2.75) is 13.0 Å². The van der Waals surface area contributed by atoms with E-state index < -0.39 is 0 Å². The first-order valence-corrected chi connectivity index (χ1v) is 7.30. The molecule has 2 aromatic rings. The van der Waals surface area contributed by atoms with Crippen LogP contribution in [0.4, 0.5) is 0 Å². The minimum atomic E-state index is 0.266. The van der Waals surface area contributed by atoms with Crippen molar-refractivity contribution in [3.63, 3.8) is 0 Å². The molecule has 0 amide bonds. The SMILES string of the molecule is COc1ccccc1CCNCc1ccc(O)c(Br)c1. The van der Waals surface area contributed by atoms with Gasteiger partial charge in [0.05, 0.1) is 11.6 Å². The van der Waals surface area contributed by atoms with Crippen LogP contribution in [0.5, 0.6) is 11.5 Å². The van der Waals surface area contributed by atoms with Gasteiger partial charge in [0.1, 0.15) is 11.5 Å². The average molecular weight is 336 g/mol. The minimum Gasteiger partial charge on any atom is -0.507 e. The highest BCUT2D eigenvalue weighted by Gasteiger charge is 2.02. The summed E-state index contributed by atoms with van der Waals surface area (Å²) >= 11 is 3.32. The molecule has 0 aliphatic carbocycles. The predicted molar refractivity (Wildman–Crippen MR) is 84.2 cm³/mol. The second-order valence-electron chi connectivity index (χ2n) is 4.52. The fourth-order valence-corrected chi connectivity index (χ4v) is 2.45. The van der Waals surface area contributed by atoms with Gasteiger partial charge in [-0.15, -0.1) is 0 Å². The maximum Gasteiger partial charge on any atom is 0.129 e. The lowest BCUT2D eigenvalue weighted by Gasteiger charge is -2.09. The third-order valence-corrected chi connectivity index (χ3v) is 3.74. The van der Waals surface area contributed by atoms with Crippen molar-refractivity contribution < 1.29 is 9.84 Å². The summed E-state index contributed by atoms with van der Waals surface area (Å²) in [5, 5.41) is 12.8. The normalized spacial score (nSPS) is 10.5. The smallest absolute Gasteiger partial charge is 0.129 e. The number of phenolic OH excluding ortho intramolecular Hbond substituents is 1. The van der Waals surface area contributed by atoms with Crippen molar-refractivity contribution in [2.24, 2.45) is 0 Å². The molecule has 0 unspecified atom stereocenters. The number of methoxy groups -OCH3 is 1. The molecule has 2 N–H and O–H groups in total. The standard InChI is InChI=1S/C16H18BrNO2/c1-20-16-5-3-2-4-13(16)8-9-18-11-12-6-7-15(19)14(17)10-12/h2-7,10,18-19H,8-9,11H2,1H3. The monoisotopic (exact) mass is 335 g/mol. The topological polar surface area (TPSA) is 41.5 Å². The van der Waals surface area contributed by atoms with Crippen LogP contribution in [-0.2, 0) is 13.0 Å². The van der Waals surface area contributed by atoms with E-state index in [1.54, 1.807) is 13.2 Å². The van der Waals surface area contributed by atoms with Crippen LogP contribution in [0.1, 0.15) is 11.1 Å². The van der Waals surface area contributed by atoms with E-state index in [0.717, 1.165) is 35.3 Å². The Morgan fingerprint density at radius 3 is 2.75 bits per heavy atom. The molecule has 0 aliphatic heterocycles. The molecule has 3 nitrogen and oxygen atoms in total. The van der Waals surface area contributed by atoms with Gasteiger partial charge in [0.2, 0.25) is 0 Å². The van der Waals surface area contributed by atoms with E-state index in [9.17, 15) is 5.11 Å². The number of ether oxygens (including phenoxy) is 1. The molecular weight excluding hydrogens is 318 g/mol. The first-order valence-electron chi connectivity index (χ1n) is 6.50. The first kappa shape index (κ1) is 14.9. The summed E-state index contributed by atoms with van der Waals surface area (Å²) in [5.74, 6) is 1.20. The number of benzene rings is 2. The zero-order chi connectivity index (χ0) is 14.4. The predicted octanol–water partition coefficient (Wildman–Crippen LogP) is 3.50. The summed E-state index contributed by atoms with van der Waals surface area (Å²) in [7, 11) is 1.69. The number of hydrogen-bond donors (Lipinski definition) is 2. The van der Waals surface area contributed by atoms with E-state index >= 15 is 0 Å². The number of aromatic hydroxyl groups is 1. The summed E-state index contributed by atoms with van der Waals surface area (Å²) in [6, 6.07) is 13.6. The van der Waals surface area contributed by atoms with Gasteiger partial charge in [0, 0.05) is 6.54 Å². The van der Waals surface area contributed by atoms with Crippen molar-refractivity contribution in [1.82, 2.24) is 5.32 Å². The van der Waals surface area contributed by atoms with Crippen molar-refractivity contribution in [1.29, 1.82) is 0 Å². The molecule has 2 aromatic carbocycles. The summed E-state index contributed by atoms with van der Waals surface area (Å²) in [4.78, 5) is 0. The van der Waals surface area contributed by atoms with Gasteiger partial charge in [-0.3, -0.25) is 0 Å². The van der Waals surface area contributed by atoms with Crippen LogP contribution in [0, 0.1) is 0 Å². The van der Waals surface area contributed by atoms with Gasteiger partial charge in [-0.25, -0.2) is 0 Å². The van der Waals surface area contributed by atoms with Gasteiger partial charge < -0.3 is 15.2 Å².